The summed E-state index contributed by atoms with van der Waals surface area (Å²) in [6.07, 6.45) is 1.64. The topological polar surface area (TPSA) is 73.9 Å². The van der Waals surface area contributed by atoms with Gasteiger partial charge in [0.05, 0.1) is 11.3 Å². The van der Waals surface area contributed by atoms with Gasteiger partial charge in [0, 0.05) is 11.5 Å². The Kier molecular flexibility index (Phi) is 5.55. The second-order valence-corrected chi connectivity index (χ2v) is 9.72. The van der Waals surface area contributed by atoms with Crippen LogP contribution in [0.1, 0.15) is 46.5 Å². The predicted octanol–water partition coefficient (Wildman–Crippen LogP) is 6.81. The standard InChI is InChI=1S/C32H25N5O2/c1-20-12-14-22(15-13-20)21(2)36-38-18-27-34-31-30-28(24-9-4-3-5-10-24)29-25-11-7-6-8-23(25)16-17-26(29)39-32(30)33-19-37(31)35-27/h3-17,19,28H,18H2,1-2H3/b36-21+/t28-/m0/s1. The van der Waals surface area contributed by atoms with Gasteiger partial charge in [-0.1, -0.05) is 95.6 Å². The molecule has 39 heavy (non-hydrogen) atoms. The molecule has 0 fully saturated rings. The van der Waals surface area contributed by atoms with Crippen LogP contribution in [0.15, 0.2) is 102 Å². The third-order valence-corrected chi connectivity index (χ3v) is 7.14. The molecule has 7 nitrogen and oxygen atoms in total. The zero-order chi connectivity index (χ0) is 26.3. The van der Waals surface area contributed by atoms with Crippen molar-refractivity contribution in [1.82, 2.24) is 19.6 Å². The van der Waals surface area contributed by atoms with Crippen LogP contribution in [0.4, 0.5) is 0 Å². The summed E-state index contributed by atoms with van der Waals surface area (Å²) in [7, 11) is 0. The number of benzene rings is 4. The molecule has 190 valence electrons. The van der Waals surface area contributed by atoms with Gasteiger partial charge >= 0.3 is 0 Å². The molecule has 7 rings (SSSR count). The highest BCUT2D eigenvalue weighted by Gasteiger charge is 2.34. The average molecular weight is 512 g/mol. The number of hydrogen-bond donors (Lipinski definition) is 0. The van der Waals surface area contributed by atoms with Gasteiger partial charge in [0.15, 0.2) is 18.1 Å². The van der Waals surface area contributed by atoms with Crippen LogP contribution in [0.2, 0.25) is 0 Å². The molecular weight excluding hydrogens is 486 g/mol. The lowest BCUT2D eigenvalue weighted by molar-refractivity contribution is 0.125. The van der Waals surface area contributed by atoms with Crippen molar-refractivity contribution in [3.05, 3.63) is 131 Å². The normalized spacial score (nSPS) is 14.6. The van der Waals surface area contributed by atoms with Gasteiger partial charge in [0.25, 0.3) is 0 Å². The summed E-state index contributed by atoms with van der Waals surface area (Å²) < 4.78 is 8.08. The van der Waals surface area contributed by atoms with Gasteiger partial charge in [-0.05, 0) is 41.8 Å². The zero-order valence-electron chi connectivity index (χ0n) is 21.6. The lowest BCUT2D eigenvalue weighted by Crippen LogP contribution is -2.15. The predicted molar refractivity (Wildman–Crippen MR) is 150 cm³/mol. The molecule has 2 aromatic heterocycles. The van der Waals surface area contributed by atoms with E-state index in [0.717, 1.165) is 44.5 Å². The van der Waals surface area contributed by atoms with Crippen LogP contribution in [0.25, 0.3) is 16.4 Å². The Morgan fingerprint density at radius 2 is 1.72 bits per heavy atom. The Labute approximate surface area is 225 Å². The van der Waals surface area contributed by atoms with E-state index in [0.29, 0.717) is 17.4 Å². The summed E-state index contributed by atoms with van der Waals surface area (Å²) in [5, 5.41) is 11.2. The maximum absolute atomic E-state index is 6.38. The average Bonchev–Trinajstić information content (AvgIpc) is 3.40. The Morgan fingerprint density at radius 1 is 0.923 bits per heavy atom. The van der Waals surface area contributed by atoms with Crippen LogP contribution in [-0.2, 0) is 11.4 Å². The zero-order valence-corrected chi connectivity index (χ0v) is 21.6. The first-order valence-corrected chi connectivity index (χ1v) is 12.9. The Balaban J connectivity index is 1.30. The lowest BCUT2D eigenvalue weighted by atomic mass is 9.81. The van der Waals surface area contributed by atoms with Gasteiger partial charge in [0.1, 0.15) is 12.1 Å². The first-order valence-electron chi connectivity index (χ1n) is 12.9. The number of oxime groups is 1. The fraction of sp³-hybridized carbons (Fsp3) is 0.125. The molecular formula is C32H25N5O2. The van der Waals surface area contributed by atoms with E-state index in [2.05, 4.69) is 88.9 Å². The molecule has 0 N–H and O–H groups in total. The minimum Gasteiger partial charge on any atom is -0.438 e. The molecule has 1 aliphatic rings. The highest BCUT2D eigenvalue weighted by molar-refractivity contribution is 5.98. The second kappa shape index (κ2) is 9.36. The van der Waals surface area contributed by atoms with Crippen molar-refractivity contribution in [1.29, 1.82) is 0 Å². The van der Waals surface area contributed by atoms with Crippen molar-refractivity contribution in [3.63, 3.8) is 0 Å². The van der Waals surface area contributed by atoms with E-state index in [1.165, 1.54) is 5.56 Å². The van der Waals surface area contributed by atoms with Crippen LogP contribution >= 0.6 is 0 Å². The highest BCUT2D eigenvalue weighted by atomic mass is 16.6. The third kappa shape index (κ3) is 4.08. The van der Waals surface area contributed by atoms with E-state index in [9.17, 15) is 0 Å². The largest absolute Gasteiger partial charge is 0.438 e. The SMILES string of the molecule is C/C(=N\OCc1nc2c3c(ncn2n1)Oc1ccc2ccccc2c1[C@@H]3c1ccccc1)c1ccc(C)cc1. The van der Waals surface area contributed by atoms with Crippen molar-refractivity contribution in [2.75, 3.05) is 0 Å². The fourth-order valence-corrected chi connectivity index (χ4v) is 5.22. The van der Waals surface area contributed by atoms with Gasteiger partial charge in [-0.15, -0.1) is 5.10 Å². The number of hydrogen-bond acceptors (Lipinski definition) is 6. The van der Waals surface area contributed by atoms with Crippen molar-refractivity contribution in [3.8, 4) is 11.6 Å². The minimum atomic E-state index is -0.132. The number of nitrogens with zero attached hydrogens (tertiary/aromatic N) is 5. The van der Waals surface area contributed by atoms with Crippen molar-refractivity contribution < 1.29 is 9.57 Å². The number of aryl methyl sites for hydroxylation is 1. The van der Waals surface area contributed by atoms with E-state index in [-0.39, 0.29) is 12.5 Å². The summed E-state index contributed by atoms with van der Waals surface area (Å²) in [4.78, 5) is 15.2. The highest BCUT2D eigenvalue weighted by Crippen LogP contribution is 2.50. The maximum atomic E-state index is 6.38. The molecule has 1 atom stereocenters. The van der Waals surface area contributed by atoms with Gasteiger partial charge in [-0.3, -0.25) is 0 Å². The summed E-state index contributed by atoms with van der Waals surface area (Å²) in [5.41, 5.74) is 6.80. The number of fused-ring (bicyclic) bond motifs is 6. The van der Waals surface area contributed by atoms with Crippen LogP contribution in [0.3, 0.4) is 0 Å². The molecule has 0 amide bonds. The van der Waals surface area contributed by atoms with Gasteiger partial charge in [-0.2, -0.15) is 0 Å². The number of ether oxygens (including phenoxy) is 1. The first kappa shape index (κ1) is 23.1. The molecule has 7 heteroatoms. The summed E-state index contributed by atoms with van der Waals surface area (Å²) in [6.45, 7) is 4.12. The van der Waals surface area contributed by atoms with E-state index < -0.39 is 0 Å². The van der Waals surface area contributed by atoms with Gasteiger partial charge < -0.3 is 9.57 Å². The van der Waals surface area contributed by atoms with Crippen LogP contribution in [0, 0.1) is 6.92 Å². The molecule has 6 aromatic rings. The molecule has 0 saturated carbocycles. The Hall–Kier alpha value is -5.04. The van der Waals surface area contributed by atoms with Crippen LogP contribution in [-0.4, -0.2) is 25.3 Å². The molecule has 1 aliphatic heterocycles. The monoisotopic (exact) mass is 511 g/mol. The Morgan fingerprint density at radius 3 is 2.56 bits per heavy atom. The molecule has 0 spiro atoms. The van der Waals surface area contributed by atoms with E-state index in [4.69, 9.17) is 14.6 Å². The van der Waals surface area contributed by atoms with Crippen molar-refractivity contribution in [2.45, 2.75) is 26.4 Å². The molecule has 0 radical (unpaired) electrons. The van der Waals surface area contributed by atoms with Gasteiger partial charge in [-0.25, -0.2) is 14.5 Å². The lowest BCUT2D eigenvalue weighted by Gasteiger charge is -2.29. The smallest absolute Gasteiger partial charge is 0.228 e. The second-order valence-electron chi connectivity index (χ2n) is 9.72. The number of rotatable bonds is 5. The van der Waals surface area contributed by atoms with Crippen molar-refractivity contribution >= 4 is 22.1 Å². The third-order valence-electron chi connectivity index (χ3n) is 7.14. The fourth-order valence-electron chi connectivity index (χ4n) is 5.22. The van der Waals surface area contributed by atoms with E-state index in [1.54, 1.807) is 10.8 Å². The molecule has 3 heterocycles. The van der Waals surface area contributed by atoms with Crippen molar-refractivity contribution in [2.24, 2.45) is 5.16 Å². The molecule has 0 bridgehead atoms. The summed E-state index contributed by atoms with van der Waals surface area (Å²) in [6, 6.07) is 31.1. The number of aromatic nitrogens is 4. The summed E-state index contributed by atoms with van der Waals surface area (Å²) >= 11 is 0. The Bertz CT molecular complexity index is 1860. The quantitative estimate of drug-likeness (QED) is 0.187. The van der Waals surface area contributed by atoms with Gasteiger partial charge in [0.2, 0.25) is 5.88 Å². The molecule has 0 unspecified atom stereocenters. The molecule has 0 saturated heterocycles. The molecule has 4 aromatic carbocycles. The first-order chi connectivity index (χ1) is 19.2. The minimum absolute atomic E-state index is 0.132. The van der Waals surface area contributed by atoms with E-state index >= 15 is 0 Å². The van der Waals surface area contributed by atoms with Crippen LogP contribution in [0.5, 0.6) is 11.6 Å². The molecule has 0 aliphatic carbocycles. The van der Waals surface area contributed by atoms with E-state index in [1.807, 2.05) is 31.2 Å². The maximum Gasteiger partial charge on any atom is 0.228 e. The summed E-state index contributed by atoms with van der Waals surface area (Å²) in [5.74, 6) is 1.72. The van der Waals surface area contributed by atoms with Crippen LogP contribution < -0.4 is 4.74 Å².